The molecule has 0 aliphatic heterocycles. The molecule has 1 N–H and O–H groups in total. The number of esters is 1. The lowest BCUT2D eigenvalue weighted by Crippen LogP contribution is -2.63. The van der Waals surface area contributed by atoms with E-state index in [0.29, 0.717) is 17.8 Å². The van der Waals surface area contributed by atoms with Gasteiger partial charge in [0.2, 0.25) is 0 Å². The van der Waals surface area contributed by atoms with Crippen molar-refractivity contribution >= 4 is 5.97 Å². The van der Waals surface area contributed by atoms with Crippen LogP contribution >= 0.6 is 0 Å². The van der Waals surface area contributed by atoms with Gasteiger partial charge in [0.25, 0.3) is 0 Å². The monoisotopic (exact) mass is 236 g/mol. The van der Waals surface area contributed by atoms with E-state index >= 15 is 0 Å². The fourth-order valence-electron chi connectivity index (χ4n) is 4.57. The van der Waals surface area contributed by atoms with E-state index in [1.807, 2.05) is 6.92 Å². The molecule has 0 aromatic rings. The first-order valence-electron chi connectivity index (χ1n) is 6.53. The van der Waals surface area contributed by atoms with Crippen molar-refractivity contribution in [2.24, 2.45) is 17.8 Å². The van der Waals surface area contributed by atoms with Crippen molar-refractivity contribution in [2.75, 3.05) is 0 Å². The van der Waals surface area contributed by atoms with Crippen LogP contribution in [0.4, 0.5) is 0 Å². The van der Waals surface area contributed by atoms with Gasteiger partial charge in [-0.3, -0.25) is 0 Å². The zero-order valence-corrected chi connectivity index (χ0v) is 10.3. The van der Waals surface area contributed by atoms with Crippen LogP contribution in [0, 0.1) is 17.8 Å². The second-order valence-corrected chi connectivity index (χ2v) is 6.38. The zero-order valence-electron chi connectivity index (χ0n) is 10.3. The normalized spacial score (nSPS) is 51.3. The van der Waals surface area contributed by atoms with Gasteiger partial charge in [-0.1, -0.05) is 6.58 Å². The molecule has 4 fully saturated rings. The minimum Gasteiger partial charge on any atom is -0.456 e. The quantitative estimate of drug-likeness (QED) is 0.589. The summed E-state index contributed by atoms with van der Waals surface area (Å²) >= 11 is 0. The van der Waals surface area contributed by atoms with Gasteiger partial charge >= 0.3 is 5.97 Å². The van der Waals surface area contributed by atoms with Crippen LogP contribution in [0.25, 0.3) is 0 Å². The van der Waals surface area contributed by atoms with Crippen LogP contribution in [-0.2, 0) is 9.53 Å². The molecule has 4 aliphatic rings. The average molecular weight is 236 g/mol. The Bertz CT molecular complexity index is 358. The average Bonchev–Trinajstić information content (AvgIpc) is 2.24. The number of carbonyl (C=O) groups excluding carboxylic acids is 1. The molecule has 0 radical (unpaired) electrons. The smallest absolute Gasteiger partial charge is 0.330 e. The molecule has 3 unspecified atom stereocenters. The largest absolute Gasteiger partial charge is 0.456 e. The van der Waals surface area contributed by atoms with Gasteiger partial charge in [-0.15, -0.1) is 0 Å². The van der Waals surface area contributed by atoms with Crippen LogP contribution in [0.15, 0.2) is 12.7 Å². The molecule has 0 heterocycles. The van der Waals surface area contributed by atoms with Gasteiger partial charge in [0.05, 0.1) is 5.60 Å². The van der Waals surface area contributed by atoms with Gasteiger partial charge in [0.15, 0.2) is 0 Å². The van der Waals surface area contributed by atoms with E-state index in [4.69, 9.17) is 4.74 Å². The minimum atomic E-state index is -0.476. The predicted octanol–water partition coefficient (Wildman–Crippen LogP) is 2.05. The summed E-state index contributed by atoms with van der Waals surface area (Å²) < 4.78 is 5.64. The molecule has 3 heteroatoms. The van der Waals surface area contributed by atoms with Gasteiger partial charge in [-0.05, 0) is 44.9 Å². The Morgan fingerprint density at radius 1 is 1.35 bits per heavy atom. The Morgan fingerprint density at radius 2 is 1.94 bits per heavy atom. The van der Waals surface area contributed by atoms with Gasteiger partial charge < -0.3 is 9.84 Å². The number of carbonyl (C=O) groups is 1. The van der Waals surface area contributed by atoms with Crippen LogP contribution < -0.4 is 0 Å². The van der Waals surface area contributed by atoms with E-state index in [2.05, 4.69) is 6.58 Å². The summed E-state index contributed by atoms with van der Waals surface area (Å²) in [6.07, 6.45) is 5.97. The Labute approximate surface area is 102 Å². The number of ether oxygens (including phenoxy) is 1. The summed E-state index contributed by atoms with van der Waals surface area (Å²) in [6, 6.07) is 0. The highest BCUT2D eigenvalue weighted by Crippen LogP contribution is 2.60. The molecule has 0 saturated heterocycles. The molecule has 4 rings (SSSR count). The highest BCUT2D eigenvalue weighted by Gasteiger charge is 2.61. The van der Waals surface area contributed by atoms with Crippen molar-refractivity contribution in [1.29, 1.82) is 0 Å². The summed E-state index contributed by atoms with van der Waals surface area (Å²) in [4.78, 5) is 11.5. The number of hydrogen-bond donors (Lipinski definition) is 1. The predicted molar refractivity (Wildman–Crippen MR) is 63.2 cm³/mol. The number of hydrogen-bond acceptors (Lipinski definition) is 3. The van der Waals surface area contributed by atoms with Gasteiger partial charge in [-0.25, -0.2) is 4.79 Å². The summed E-state index contributed by atoms with van der Waals surface area (Å²) in [5.41, 5.74) is -0.856. The first kappa shape index (κ1) is 11.3. The lowest BCUT2D eigenvalue weighted by Gasteiger charge is -2.61. The second-order valence-electron chi connectivity index (χ2n) is 6.38. The van der Waals surface area contributed by atoms with E-state index in [0.717, 1.165) is 32.1 Å². The molecular formula is C14H20O3. The van der Waals surface area contributed by atoms with E-state index in [1.54, 1.807) is 0 Å². The van der Waals surface area contributed by atoms with Gasteiger partial charge in [-0.2, -0.15) is 0 Å². The van der Waals surface area contributed by atoms with E-state index < -0.39 is 5.60 Å². The van der Waals surface area contributed by atoms with Crippen molar-refractivity contribution < 1.29 is 14.6 Å². The lowest BCUT2D eigenvalue weighted by molar-refractivity contribution is -0.232. The zero-order chi connectivity index (χ0) is 12.3. The molecular weight excluding hydrogens is 216 g/mol. The fraction of sp³-hybridized carbons (Fsp3) is 0.786. The van der Waals surface area contributed by atoms with Crippen LogP contribution in [0.1, 0.15) is 39.0 Å². The maximum absolute atomic E-state index is 11.5. The Morgan fingerprint density at radius 3 is 2.41 bits per heavy atom. The first-order valence-corrected chi connectivity index (χ1v) is 6.53. The van der Waals surface area contributed by atoms with E-state index in [9.17, 15) is 9.90 Å². The minimum absolute atomic E-state index is 0.322. The second kappa shape index (κ2) is 3.35. The SMILES string of the molecule is C=CC(=O)OC1(C)[C@@H]2CC3C[C@H]1CC(O)(C3)C2. The molecule has 94 valence electrons. The lowest BCUT2D eigenvalue weighted by atomic mass is 9.48. The molecule has 0 aromatic heterocycles. The number of aliphatic hydroxyl groups is 1. The van der Waals surface area contributed by atoms with Crippen LogP contribution in [0.2, 0.25) is 0 Å². The standard InChI is InChI=1S/C14H20O3/c1-3-12(15)17-13(2)10-4-9-5-11(13)8-14(16,6-9)7-10/h3,9-11,16H,1,4-8H2,2H3/t9?,10-,11+,13?,14?. The van der Waals surface area contributed by atoms with Crippen molar-refractivity contribution in [3.63, 3.8) is 0 Å². The van der Waals surface area contributed by atoms with Gasteiger partial charge in [0, 0.05) is 17.9 Å². The Hall–Kier alpha value is -0.830. The van der Waals surface area contributed by atoms with E-state index in [1.165, 1.54) is 6.08 Å². The Balaban J connectivity index is 1.88. The molecule has 17 heavy (non-hydrogen) atoms. The molecule has 5 atom stereocenters. The third-order valence-electron chi connectivity index (χ3n) is 5.27. The third kappa shape index (κ3) is 1.55. The molecule has 0 aromatic carbocycles. The molecule has 0 spiro atoms. The number of rotatable bonds is 2. The highest BCUT2D eigenvalue weighted by atomic mass is 16.6. The summed E-state index contributed by atoms with van der Waals surface area (Å²) in [6.45, 7) is 5.51. The van der Waals surface area contributed by atoms with Gasteiger partial charge in [0.1, 0.15) is 5.60 Å². The third-order valence-corrected chi connectivity index (χ3v) is 5.27. The van der Waals surface area contributed by atoms with E-state index in [-0.39, 0.29) is 11.6 Å². The molecule has 3 nitrogen and oxygen atoms in total. The maximum atomic E-state index is 11.5. The summed E-state index contributed by atoms with van der Waals surface area (Å²) in [7, 11) is 0. The maximum Gasteiger partial charge on any atom is 0.330 e. The van der Waals surface area contributed by atoms with Crippen molar-refractivity contribution in [1.82, 2.24) is 0 Å². The summed E-state index contributed by atoms with van der Waals surface area (Å²) in [5, 5.41) is 10.5. The molecule has 4 saturated carbocycles. The first-order chi connectivity index (χ1) is 7.95. The van der Waals surface area contributed by atoms with Crippen molar-refractivity contribution in [3.8, 4) is 0 Å². The highest BCUT2D eigenvalue weighted by molar-refractivity contribution is 5.81. The van der Waals surface area contributed by atoms with Crippen molar-refractivity contribution in [3.05, 3.63) is 12.7 Å². The van der Waals surface area contributed by atoms with Crippen LogP contribution in [-0.4, -0.2) is 22.3 Å². The molecule has 0 amide bonds. The van der Waals surface area contributed by atoms with Crippen molar-refractivity contribution in [2.45, 2.75) is 50.2 Å². The summed E-state index contributed by atoms with van der Waals surface area (Å²) in [5.74, 6) is 0.949. The van der Waals surface area contributed by atoms with Crippen LogP contribution in [0.5, 0.6) is 0 Å². The Kier molecular flexibility index (Phi) is 2.22. The van der Waals surface area contributed by atoms with Crippen LogP contribution in [0.3, 0.4) is 0 Å². The molecule has 4 bridgehead atoms. The fourth-order valence-corrected chi connectivity index (χ4v) is 4.57. The topological polar surface area (TPSA) is 46.5 Å². The molecule has 4 aliphatic carbocycles.